The Morgan fingerprint density at radius 2 is 1.00 bits per heavy atom. The summed E-state index contributed by atoms with van der Waals surface area (Å²) < 4.78 is 14.7. The van der Waals surface area contributed by atoms with Gasteiger partial charge in [-0.1, -0.05) is 61.3 Å². The van der Waals surface area contributed by atoms with Crippen molar-refractivity contribution in [3.63, 3.8) is 0 Å². The minimum atomic E-state index is 0. The molecule has 8 aromatic rings. The molecule has 0 spiro atoms. The molecular weight excluding hydrogens is 884 g/mol. The van der Waals surface area contributed by atoms with Gasteiger partial charge in [-0.3, -0.25) is 0 Å². The van der Waals surface area contributed by atoms with E-state index in [1.165, 1.54) is 0 Å². The van der Waals surface area contributed by atoms with Gasteiger partial charge in [-0.2, -0.15) is 22.9 Å². The van der Waals surface area contributed by atoms with Crippen LogP contribution >= 0.6 is 0 Å². The third kappa shape index (κ3) is 6.82. The number of ether oxygens (including phenoxy) is 2. The second kappa shape index (κ2) is 14.6. The van der Waals surface area contributed by atoms with Crippen LogP contribution in [0.3, 0.4) is 0 Å². The minimum absolute atomic E-state index is 0. The number of fused-ring (bicyclic) bond motifs is 3. The van der Waals surface area contributed by atoms with Gasteiger partial charge in [-0.05, 0) is 29.6 Å². The predicted molar refractivity (Wildman–Crippen MR) is 181 cm³/mol. The number of aromatic nitrogens is 5. The fraction of sp³-hybridized carbons (Fsp3) is 0.0500. The zero-order chi connectivity index (χ0) is 31.7. The molecule has 0 aliphatic carbocycles. The average Bonchev–Trinajstić information content (AvgIpc) is 3.41. The van der Waals surface area contributed by atoms with Crippen LogP contribution in [0.5, 0.6) is 23.0 Å². The molecule has 0 atom stereocenters. The third-order valence-corrected chi connectivity index (χ3v) is 7.74. The molecule has 4 aromatic carbocycles. The van der Waals surface area contributed by atoms with Gasteiger partial charge in [0.1, 0.15) is 0 Å². The van der Waals surface area contributed by atoms with Gasteiger partial charge in [0.15, 0.2) is 0 Å². The number of rotatable bonds is 7. The van der Waals surface area contributed by atoms with Gasteiger partial charge in [0.2, 0.25) is 5.95 Å². The monoisotopic (exact) mass is 908 g/mol. The van der Waals surface area contributed by atoms with E-state index in [9.17, 15) is 0 Å². The van der Waals surface area contributed by atoms with E-state index in [2.05, 4.69) is 56.3 Å². The summed E-state index contributed by atoms with van der Waals surface area (Å²) in [4.78, 5) is 18.1. The molecule has 0 N–H and O–H groups in total. The SMILES string of the molecule is Cc1cc2c3cc(C)c(Oc4[c-]c(-c5ccccn5)ccc4)[c-]c3n(-c3ncccn3)c2[c-]c1Oc1[c-]c(-c2ccccn2)ccc1.[Pd+2].[Pt+2]. The standard InChI is InChI=1S/C40H25N5O2.Pd.Pt/c1-26-20-32-33-21-27(2)39(47-31-13-8-11-29(23-31)35-15-4-6-17-42-35)25-37(33)45(40-43-18-9-19-44-40)36(32)24-38(26)46-30-12-7-10-28(22-30)34-14-3-5-16-41-34;;/h3-21H,1-2H3;;/q-4;2*+2. The molecular formula is C40H25N5O2PdPt. The van der Waals surface area contributed by atoms with Gasteiger partial charge in [0, 0.05) is 47.8 Å². The van der Waals surface area contributed by atoms with Crippen molar-refractivity contribution in [2.45, 2.75) is 13.8 Å². The molecule has 0 fully saturated rings. The summed E-state index contributed by atoms with van der Waals surface area (Å²) in [5.41, 5.74) is 6.67. The van der Waals surface area contributed by atoms with Crippen molar-refractivity contribution < 1.29 is 51.0 Å². The molecule has 0 aliphatic heterocycles. The van der Waals surface area contributed by atoms with E-state index in [0.29, 0.717) is 28.9 Å². The third-order valence-electron chi connectivity index (χ3n) is 7.74. The normalized spacial score (nSPS) is 10.7. The van der Waals surface area contributed by atoms with Crippen molar-refractivity contribution in [1.29, 1.82) is 0 Å². The van der Waals surface area contributed by atoms with E-state index in [4.69, 9.17) is 9.47 Å². The smallest absolute Gasteiger partial charge is 0.503 e. The van der Waals surface area contributed by atoms with Crippen LogP contribution in [0.2, 0.25) is 0 Å². The summed E-state index contributed by atoms with van der Waals surface area (Å²) in [5.74, 6) is 2.75. The molecule has 0 saturated carbocycles. The van der Waals surface area contributed by atoms with Crippen molar-refractivity contribution in [1.82, 2.24) is 24.5 Å². The molecule has 4 heterocycles. The van der Waals surface area contributed by atoms with Gasteiger partial charge >= 0.3 is 41.5 Å². The molecule has 9 heteroatoms. The molecule has 0 saturated heterocycles. The molecule has 0 bridgehead atoms. The van der Waals surface area contributed by atoms with Crippen LogP contribution in [-0.4, -0.2) is 24.5 Å². The van der Waals surface area contributed by atoms with Gasteiger partial charge in [-0.25, -0.2) is 9.97 Å². The Morgan fingerprint density at radius 3 is 1.45 bits per heavy atom. The Bertz CT molecular complexity index is 2240. The Morgan fingerprint density at radius 1 is 0.531 bits per heavy atom. The summed E-state index contributed by atoms with van der Waals surface area (Å²) in [7, 11) is 0. The van der Waals surface area contributed by atoms with Crippen LogP contribution in [0.25, 0.3) is 50.3 Å². The second-order valence-corrected chi connectivity index (χ2v) is 11.0. The first-order valence-electron chi connectivity index (χ1n) is 15.1. The molecule has 0 aliphatic rings. The van der Waals surface area contributed by atoms with E-state index in [0.717, 1.165) is 55.4 Å². The first-order chi connectivity index (χ1) is 23.1. The maximum Gasteiger partial charge on any atom is 2.00 e. The van der Waals surface area contributed by atoms with Crippen molar-refractivity contribution in [3.8, 4) is 51.5 Å². The molecule has 0 radical (unpaired) electrons. The summed E-state index contributed by atoms with van der Waals surface area (Å²) in [5, 5.41) is 1.94. The molecule has 0 unspecified atom stereocenters. The van der Waals surface area contributed by atoms with E-state index in [1.54, 1.807) is 30.9 Å². The van der Waals surface area contributed by atoms with Crippen molar-refractivity contribution in [2.75, 3.05) is 0 Å². The number of pyridine rings is 2. The Labute approximate surface area is 312 Å². The topological polar surface area (TPSA) is 75.0 Å². The minimum Gasteiger partial charge on any atom is -0.503 e. The largest absolute Gasteiger partial charge is 2.00 e. The first-order valence-corrected chi connectivity index (χ1v) is 15.1. The summed E-state index contributed by atoms with van der Waals surface area (Å²) in [6.45, 7) is 4.02. The van der Waals surface area contributed by atoms with Crippen LogP contribution in [0, 0.1) is 38.1 Å². The van der Waals surface area contributed by atoms with E-state index in [-0.39, 0.29) is 41.5 Å². The van der Waals surface area contributed by atoms with Crippen LogP contribution in [-0.2, 0) is 41.5 Å². The number of aryl methyl sites for hydroxylation is 2. The Hall–Kier alpha value is -4.99. The number of nitrogens with zero attached hydrogens (tertiary/aromatic N) is 5. The molecule has 49 heavy (non-hydrogen) atoms. The average molecular weight is 909 g/mol. The zero-order valence-electron chi connectivity index (χ0n) is 26.2. The van der Waals surface area contributed by atoms with Gasteiger partial charge in [0.05, 0.1) is 0 Å². The van der Waals surface area contributed by atoms with E-state index in [1.807, 2.05) is 91.2 Å². The maximum absolute atomic E-state index is 6.40. The van der Waals surface area contributed by atoms with Gasteiger partial charge < -0.3 is 24.0 Å². The molecule has 8 rings (SSSR count). The summed E-state index contributed by atoms with van der Waals surface area (Å²) in [6.07, 6.45) is 6.96. The number of benzene rings is 4. The van der Waals surface area contributed by atoms with E-state index >= 15 is 0 Å². The quantitative estimate of drug-likeness (QED) is 0.117. The summed E-state index contributed by atoms with van der Waals surface area (Å²) in [6, 6.07) is 42.8. The van der Waals surface area contributed by atoms with Gasteiger partial charge in [-0.15, -0.1) is 70.8 Å². The van der Waals surface area contributed by atoms with Gasteiger partial charge in [0.25, 0.3) is 0 Å². The first kappa shape index (κ1) is 33.9. The molecule has 242 valence electrons. The molecule has 7 nitrogen and oxygen atoms in total. The summed E-state index contributed by atoms with van der Waals surface area (Å²) >= 11 is 0. The zero-order valence-corrected chi connectivity index (χ0v) is 30.0. The molecule has 0 amide bonds. The van der Waals surface area contributed by atoms with Crippen LogP contribution in [0.1, 0.15) is 11.1 Å². The van der Waals surface area contributed by atoms with Crippen LogP contribution in [0.15, 0.2) is 116 Å². The fourth-order valence-corrected chi connectivity index (χ4v) is 5.52. The second-order valence-electron chi connectivity index (χ2n) is 11.0. The van der Waals surface area contributed by atoms with E-state index < -0.39 is 0 Å². The van der Waals surface area contributed by atoms with Crippen LogP contribution in [0.4, 0.5) is 0 Å². The van der Waals surface area contributed by atoms with Crippen molar-refractivity contribution in [3.05, 3.63) is 151 Å². The Balaban J connectivity index is 0.00000208. The maximum atomic E-state index is 6.40. The van der Waals surface area contributed by atoms with Crippen LogP contribution < -0.4 is 9.47 Å². The number of hydrogen-bond donors (Lipinski definition) is 0. The fourth-order valence-electron chi connectivity index (χ4n) is 5.52. The number of hydrogen-bond acceptors (Lipinski definition) is 6. The Kier molecular flexibility index (Phi) is 10.1. The molecule has 4 aromatic heterocycles. The van der Waals surface area contributed by atoms with Crippen molar-refractivity contribution >= 4 is 21.8 Å². The predicted octanol–water partition coefficient (Wildman–Crippen LogP) is 9.09. The van der Waals surface area contributed by atoms with Crippen molar-refractivity contribution in [2.24, 2.45) is 0 Å².